The second-order valence-electron chi connectivity index (χ2n) is 9.18. The molecule has 35 heavy (non-hydrogen) atoms. The number of nitriles is 1. The number of nitrogens with one attached hydrogen (secondary N) is 2. The van der Waals surface area contributed by atoms with Crippen LogP contribution < -0.4 is 10.6 Å². The molecule has 0 aliphatic heterocycles. The summed E-state index contributed by atoms with van der Waals surface area (Å²) in [4.78, 5) is 38.1. The minimum atomic E-state index is -0.965. The largest absolute Gasteiger partial charge is 0.454 e. The first-order valence-corrected chi connectivity index (χ1v) is 12.2. The molecule has 1 aromatic heterocycles. The fraction of sp³-hybridized carbons (Fsp3) is 0.462. The number of aromatic nitrogens is 1. The minimum absolute atomic E-state index is 0.221. The van der Waals surface area contributed by atoms with Gasteiger partial charge in [0.15, 0.2) is 6.61 Å². The number of hydrogen-bond acceptors (Lipinski definition) is 5. The van der Waals surface area contributed by atoms with E-state index < -0.39 is 30.4 Å². The van der Waals surface area contributed by atoms with Gasteiger partial charge in [-0.15, -0.1) is 0 Å². The Kier molecular flexibility index (Phi) is 8.57. The molecule has 0 saturated heterocycles. The van der Waals surface area contributed by atoms with Crippen LogP contribution in [-0.2, 0) is 14.3 Å². The summed E-state index contributed by atoms with van der Waals surface area (Å²) in [5.41, 5.74) is 2.44. The van der Waals surface area contributed by atoms with Crippen molar-refractivity contribution < 1.29 is 19.1 Å². The molecule has 1 heterocycles. The summed E-state index contributed by atoms with van der Waals surface area (Å²) < 4.78 is 7.28. The molecule has 2 amide bonds. The van der Waals surface area contributed by atoms with Gasteiger partial charge in [0.25, 0.3) is 11.8 Å². The molecule has 1 atom stereocenters. The van der Waals surface area contributed by atoms with E-state index in [0.717, 1.165) is 36.9 Å². The first-order chi connectivity index (χ1) is 16.6. The minimum Gasteiger partial charge on any atom is -0.454 e. The van der Waals surface area contributed by atoms with Crippen LogP contribution in [0.15, 0.2) is 24.3 Å². The zero-order valence-corrected chi connectivity index (χ0v) is 21.2. The number of rotatable bonds is 8. The van der Waals surface area contributed by atoms with Gasteiger partial charge in [-0.2, -0.15) is 5.26 Å². The highest BCUT2D eigenvalue weighted by atomic mass is 35.5. The van der Waals surface area contributed by atoms with Crippen LogP contribution in [0.2, 0.25) is 5.02 Å². The van der Waals surface area contributed by atoms with E-state index in [0.29, 0.717) is 11.4 Å². The van der Waals surface area contributed by atoms with E-state index in [1.165, 1.54) is 0 Å². The van der Waals surface area contributed by atoms with Crippen molar-refractivity contribution in [2.45, 2.75) is 65.5 Å². The number of hydrogen-bond donors (Lipinski definition) is 2. The third kappa shape index (κ3) is 5.85. The molecule has 0 radical (unpaired) electrons. The molecule has 1 saturated carbocycles. The van der Waals surface area contributed by atoms with Gasteiger partial charge >= 0.3 is 5.97 Å². The van der Waals surface area contributed by atoms with Crippen LogP contribution in [0.3, 0.4) is 0 Å². The third-order valence-corrected chi connectivity index (χ3v) is 6.82. The summed E-state index contributed by atoms with van der Waals surface area (Å²) in [7, 11) is 0. The molecule has 186 valence electrons. The Balaban J connectivity index is 1.68. The van der Waals surface area contributed by atoms with Gasteiger partial charge in [-0.25, -0.2) is 4.79 Å². The summed E-state index contributed by atoms with van der Waals surface area (Å²) in [6.07, 6.45) is 4.17. The highest BCUT2D eigenvalue weighted by Gasteiger charge is 2.29. The predicted molar refractivity (Wildman–Crippen MR) is 133 cm³/mol. The standard InChI is InChI=1S/C26H31ClN4O4/c1-15(2)23(30-25(33)19-11-7-8-12-21(19)27)26(34)35-14-22(32)29-24-20(13-28)16(3)17(4)31(24)18-9-5-6-10-18/h7-8,11-12,15,18,23H,5-6,9-10,14H2,1-4H3,(H,29,32)(H,30,33)/t23-/m1/s1. The highest BCUT2D eigenvalue weighted by molar-refractivity contribution is 6.33. The second-order valence-corrected chi connectivity index (χ2v) is 9.59. The van der Waals surface area contributed by atoms with Crippen LogP contribution in [0.5, 0.6) is 0 Å². The molecular weight excluding hydrogens is 468 g/mol. The highest BCUT2D eigenvalue weighted by Crippen LogP contribution is 2.37. The fourth-order valence-corrected chi connectivity index (χ4v) is 4.68. The van der Waals surface area contributed by atoms with Gasteiger partial charge in [0.2, 0.25) is 0 Å². The molecule has 0 spiro atoms. The molecule has 1 aliphatic rings. The van der Waals surface area contributed by atoms with E-state index in [1.54, 1.807) is 38.1 Å². The Morgan fingerprint density at radius 3 is 2.46 bits per heavy atom. The number of amides is 2. The lowest BCUT2D eigenvalue weighted by Crippen LogP contribution is -2.46. The van der Waals surface area contributed by atoms with Crippen molar-refractivity contribution >= 4 is 35.2 Å². The lowest BCUT2D eigenvalue weighted by molar-refractivity contribution is -0.150. The molecule has 3 rings (SSSR count). The molecule has 2 aromatic rings. The normalized spacial score (nSPS) is 14.4. The maximum atomic E-state index is 12.7. The number of anilines is 1. The molecule has 2 N–H and O–H groups in total. The summed E-state index contributed by atoms with van der Waals surface area (Å²) >= 11 is 6.08. The summed E-state index contributed by atoms with van der Waals surface area (Å²) in [6.45, 7) is 6.79. The lowest BCUT2D eigenvalue weighted by atomic mass is 10.0. The zero-order valence-electron chi connectivity index (χ0n) is 20.5. The van der Waals surface area contributed by atoms with Crippen LogP contribution in [-0.4, -0.2) is 35.0 Å². The number of nitrogens with zero attached hydrogens (tertiary/aromatic N) is 2. The van der Waals surface area contributed by atoms with Crippen molar-refractivity contribution in [2.24, 2.45) is 5.92 Å². The smallest absolute Gasteiger partial charge is 0.329 e. The lowest BCUT2D eigenvalue weighted by Gasteiger charge is -2.21. The Morgan fingerprint density at radius 1 is 1.20 bits per heavy atom. The topological polar surface area (TPSA) is 113 Å². The summed E-state index contributed by atoms with van der Waals surface area (Å²) in [6, 6.07) is 7.97. The number of benzene rings is 1. The molecule has 0 unspecified atom stereocenters. The summed E-state index contributed by atoms with van der Waals surface area (Å²) in [5.74, 6) is -1.62. The number of halogens is 1. The Bertz CT molecular complexity index is 1160. The van der Waals surface area contributed by atoms with E-state index >= 15 is 0 Å². The van der Waals surface area contributed by atoms with Crippen LogP contribution in [0.4, 0.5) is 5.82 Å². The molecule has 1 aliphatic carbocycles. The van der Waals surface area contributed by atoms with Crippen LogP contribution in [0.1, 0.15) is 72.8 Å². The molecule has 9 heteroatoms. The fourth-order valence-electron chi connectivity index (χ4n) is 4.46. The Morgan fingerprint density at radius 2 is 1.86 bits per heavy atom. The van der Waals surface area contributed by atoms with Crippen molar-refractivity contribution in [3.05, 3.63) is 51.7 Å². The maximum absolute atomic E-state index is 12.7. The third-order valence-electron chi connectivity index (χ3n) is 6.49. The molecule has 1 aromatic carbocycles. The van der Waals surface area contributed by atoms with Gasteiger partial charge in [0.1, 0.15) is 17.9 Å². The number of carbonyl (C=O) groups is 3. The average molecular weight is 499 g/mol. The monoisotopic (exact) mass is 498 g/mol. The Hall–Kier alpha value is -3.31. The van der Waals surface area contributed by atoms with Gasteiger partial charge in [0, 0.05) is 11.7 Å². The predicted octanol–water partition coefficient (Wildman–Crippen LogP) is 4.68. The van der Waals surface area contributed by atoms with Gasteiger partial charge in [-0.1, -0.05) is 50.4 Å². The molecule has 0 bridgehead atoms. The second kappa shape index (κ2) is 11.4. The van der Waals surface area contributed by atoms with Crippen molar-refractivity contribution in [2.75, 3.05) is 11.9 Å². The molecule has 8 nitrogen and oxygen atoms in total. The van der Waals surface area contributed by atoms with E-state index in [9.17, 15) is 19.6 Å². The SMILES string of the molecule is Cc1c(C#N)c(NC(=O)COC(=O)[C@H](NC(=O)c2ccccc2Cl)C(C)C)n(C2CCCC2)c1C. The van der Waals surface area contributed by atoms with Gasteiger partial charge in [-0.3, -0.25) is 9.59 Å². The number of carbonyl (C=O) groups excluding carboxylic acids is 3. The number of esters is 1. The molecular formula is C26H31ClN4O4. The van der Waals surface area contributed by atoms with Crippen molar-refractivity contribution in [3.8, 4) is 6.07 Å². The van der Waals surface area contributed by atoms with Crippen molar-refractivity contribution in [1.29, 1.82) is 5.26 Å². The van der Waals surface area contributed by atoms with Gasteiger partial charge in [0.05, 0.1) is 16.1 Å². The summed E-state index contributed by atoms with van der Waals surface area (Å²) in [5, 5.41) is 15.4. The first-order valence-electron chi connectivity index (χ1n) is 11.8. The average Bonchev–Trinajstić information content (AvgIpc) is 3.42. The van der Waals surface area contributed by atoms with Crippen molar-refractivity contribution in [1.82, 2.24) is 9.88 Å². The van der Waals surface area contributed by atoms with E-state index in [2.05, 4.69) is 16.7 Å². The van der Waals surface area contributed by atoms with Crippen LogP contribution in [0.25, 0.3) is 0 Å². The van der Waals surface area contributed by atoms with Gasteiger partial charge < -0.3 is 19.9 Å². The maximum Gasteiger partial charge on any atom is 0.329 e. The number of ether oxygens (including phenoxy) is 1. The van der Waals surface area contributed by atoms with E-state index in [1.807, 2.05) is 18.4 Å². The Labute approximate surface area is 210 Å². The van der Waals surface area contributed by atoms with E-state index in [-0.39, 0.29) is 22.5 Å². The first kappa shape index (κ1) is 26.3. The van der Waals surface area contributed by atoms with Crippen molar-refractivity contribution in [3.63, 3.8) is 0 Å². The van der Waals surface area contributed by atoms with Gasteiger partial charge in [-0.05, 0) is 50.3 Å². The zero-order chi connectivity index (χ0) is 25.7. The quantitative estimate of drug-likeness (QED) is 0.513. The van der Waals surface area contributed by atoms with E-state index in [4.69, 9.17) is 16.3 Å². The molecule has 1 fully saturated rings. The van der Waals surface area contributed by atoms with Crippen LogP contribution >= 0.6 is 11.6 Å². The van der Waals surface area contributed by atoms with Crippen LogP contribution in [0, 0.1) is 31.1 Å².